The third-order valence-corrected chi connectivity index (χ3v) is 6.47. The SMILES string of the molecule is CS(=O)(=O)Nc1cccc2c1CCN(C(=O)Nc1cccc(S(=O)(=O)C(F)F)c1)C2. The number of halogens is 2. The lowest BCUT2D eigenvalue weighted by Crippen LogP contribution is -2.39. The molecule has 3 rings (SSSR count). The zero-order chi connectivity index (χ0) is 22.1. The Balaban J connectivity index is 1.76. The molecule has 30 heavy (non-hydrogen) atoms. The Morgan fingerprint density at radius 3 is 2.47 bits per heavy atom. The normalized spacial score (nSPS) is 14.3. The highest BCUT2D eigenvalue weighted by atomic mass is 32.2. The summed E-state index contributed by atoms with van der Waals surface area (Å²) < 4.78 is 74.2. The van der Waals surface area contributed by atoms with Gasteiger partial charge in [-0.25, -0.2) is 21.6 Å². The third kappa shape index (κ3) is 4.87. The van der Waals surface area contributed by atoms with Crippen molar-refractivity contribution < 1.29 is 30.4 Å². The van der Waals surface area contributed by atoms with E-state index in [9.17, 15) is 30.4 Å². The molecule has 2 amide bonds. The van der Waals surface area contributed by atoms with Crippen molar-refractivity contribution in [1.82, 2.24) is 4.90 Å². The molecule has 0 radical (unpaired) electrons. The number of carbonyl (C=O) groups excluding carboxylic acids is 1. The minimum atomic E-state index is -4.77. The van der Waals surface area contributed by atoms with Crippen LogP contribution in [0.1, 0.15) is 11.1 Å². The lowest BCUT2D eigenvalue weighted by atomic mass is 9.98. The Labute approximate surface area is 172 Å². The van der Waals surface area contributed by atoms with Crippen LogP contribution < -0.4 is 10.0 Å². The molecular formula is C18H19F2N3O5S2. The number of carbonyl (C=O) groups is 1. The lowest BCUT2D eigenvalue weighted by molar-refractivity contribution is 0.206. The Morgan fingerprint density at radius 2 is 1.80 bits per heavy atom. The summed E-state index contributed by atoms with van der Waals surface area (Å²) in [6, 6.07) is 9.23. The van der Waals surface area contributed by atoms with Gasteiger partial charge < -0.3 is 10.2 Å². The first-order valence-electron chi connectivity index (χ1n) is 8.74. The van der Waals surface area contributed by atoms with E-state index in [4.69, 9.17) is 0 Å². The number of nitrogens with one attached hydrogen (secondary N) is 2. The van der Waals surface area contributed by atoms with E-state index in [1.807, 2.05) is 0 Å². The molecule has 0 bridgehead atoms. The van der Waals surface area contributed by atoms with Crippen LogP contribution in [0.25, 0.3) is 0 Å². The van der Waals surface area contributed by atoms with Crippen LogP contribution in [0.4, 0.5) is 25.0 Å². The molecule has 2 N–H and O–H groups in total. The molecule has 1 aliphatic heterocycles. The van der Waals surface area contributed by atoms with Gasteiger partial charge >= 0.3 is 11.8 Å². The van der Waals surface area contributed by atoms with Gasteiger partial charge in [-0.2, -0.15) is 8.78 Å². The Morgan fingerprint density at radius 1 is 1.10 bits per heavy atom. The number of hydrogen-bond donors (Lipinski definition) is 2. The van der Waals surface area contributed by atoms with E-state index in [-0.39, 0.29) is 18.8 Å². The number of nitrogens with zero attached hydrogens (tertiary/aromatic N) is 1. The molecule has 0 unspecified atom stereocenters. The average molecular weight is 459 g/mol. The fourth-order valence-corrected chi connectivity index (χ4v) is 4.49. The predicted molar refractivity (Wildman–Crippen MR) is 108 cm³/mol. The molecule has 8 nitrogen and oxygen atoms in total. The van der Waals surface area contributed by atoms with Gasteiger partial charge in [0.2, 0.25) is 19.9 Å². The van der Waals surface area contributed by atoms with Gasteiger partial charge in [-0.15, -0.1) is 0 Å². The minimum Gasteiger partial charge on any atom is -0.320 e. The maximum absolute atomic E-state index is 12.7. The molecule has 0 spiro atoms. The molecule has 0 aliphatic carbocycles. The number of amides is 2. The van der Waals surface area contributed by atoms with Crippen LogP contribution in [-0.2, 0) is 32.8 Å². The summed E-state index contributed by atoms with van der Waals surface area (Å²) in [6.07, 6.45) is 1.46. The van der Waals surface area contributed by atoms with Gasteiger partial charge in [-0.05, 0) is 41.8 Å². The summed E-state index contributed by atoms with van der Waals surface area (Å²) >= 11 is 0. The van der Waals surface area contributed by atoms with Gasteiger partial charge in [-0.3, -0.25) is 4.72 Å². The van der Waals surface area contributed by atoms with Crippen molar-refractivity contribution in [2.45, 2.75) is 23.6 Å². The van der Waals surface area contributed by atoms with Crippen molar-refractivity contribution >= 4 is 37.3 Å². The average Bonchev–Trinajstić information content (AvgIpc) is 2.66. The van der Waals surface area contributed by atoms with Crippen molar-refractivity contribution in [3.63, 3.8) is 0 Å². The fourth-order valence-electron chi connectivity index (χ4n) is 3.13. The Kier molecular flexibility index (Phi) is 5.99. The first kappa shape index (κ1) is 22.0. The van der Waals surface area contributed by atoms with Gasteiger partial charge in [0.05, 0.1) is 16.8 Å². The number of fused-ring (bicyclic) bond motifs is 1. The van der Waals surface area contributed by atoms with Crippen LogP contribution in [0.3, 0.4) is 0 Å². The van der Waals surface area contributed by atoms with E-state index in [1.165, 1.54) is 17.0 Å². The number of alkyl halides is 2. The quantitative estimate of drug-likeness (QED) is 0.714. The van der Waals surface area contributed by atoms with Gasteiger partial charge in [0.15, 0.2) is 0 Å². The van der Waals surface area contributed by atoms with E-state index in [0.29, 0.717) is 12.1 Å². The predicted octanol–water partition coefficient (Wildman–Crippen LogP) is 2.64. The Bertz CT molecular complexity index is 1180. The molecule has 0 fully saturated rings. The van der Waals surface area contributed by atoms with Crippen LogP contribution in [0.5, 0.6) is 0 Å². The van der Waals surface area contributed by atoms with Crippen molar-refractivity contribution in [1.29, 1.82) is 0 Å². The molecule has 0 saturated carbocycles. The van der Waals surface area contributed by atoms with E-state index < -0.39 is 36.5 Å². The second kappa shape index (κ2) is 8.19. The highest BCUT2D eigenvalue weighted by Gasteiger charge is 2.27. The molecule has 162 valence electrons. The topological polar surface area (TPSA) is 113 Å². The van der Waals surface area contributed by atoms with Crippen LogP contribution in [0, 0.1) is 0 Å². The maximum Gasteiger partial charge on any atom is 0.341 e. The number of sulfonamides is 1. The molecule has 1 heterocycles. The zero-order valence-electron chi connectivity index (χ0n) is 15.8. The van der Waals surface area contributed by atoms with Crippen LogP contribution >= 0.6 is 0 Å². The second-order valence-corrected chi connectivity index (χ2v) is 10.4. The zero-order valence-corrected chi connectivity index (χ0v) is 17.4. The molecule has 0 saturated heterocycles. The summed E-state index contributed by atoms with van der Waals surface area (Å²) in [5.74, 6) is -3.56. The van der Waals surface area contributed by atoms with Gasteiger partial charge in [-0.1, -0.05) is 18.2 Å². The second-order valence-electron chi connectivity index (χ2n) is 6.75. The minimum absolute atomic E-state index is 0.0695. The van der Waals surface area contributed by atoms with E-state index >= 15 is 0 Å². The third-order valence-electron chi connectivity index (χ3n) is 4.50. The molecule has 12 heteroatoms. The fraction of sp³-hybridized carbons (Fsp3) is 0.278. The van der Waals surface area contributed by atoms with Crippen LogP contribution in [0.2, 0.25) is 0 Å². The van der Waals surface area contributed by atoms with Gasteiger partial charge in [0.25, 0.3) is 0 Å². The molecule has 2 aromatic carbocycles. The molecule has 2 aromatic rings. The summed E-state index contributed by atoms with van der Waals surface area (Å²) in [5.41, 5.74) is 2.08. The summed E-state index contributed by atoms with van der Waals surface area (Å²) in [6.45, 7) is 0.492. The van der Waals surface area contributed by atoms with Crippen LogP contribution in [-0.4, -0.2) is 46.3 Å². The van der Waals surface area contributed by atoms with E-state index in [0.717, 1.165) is 29.5 Å². The number of rotatable bonds is 5. The first-order chi connectivity index (χ1) is 14.0. The molecule has 0 aromatic heterocycles. The highest BCUT2D eigenvalue weighted by molar-refractivity contribution is 7.92. The van der Waals surface area contributed by atoms with Crippen molar-refractivity contribution in [2.24, 2.45) is 0 Å². The summed E-state index contributed by atoms with van der Waals surface area (Å²) in [7, 11) is -8.22. The van der Waals surface area contributed by atoms with Gasteiger partial charge in [0, 0.05) is 18.8 Å². The summed E-state index contributed by atoms with van der Waals surface area (Å²) in [5, 5.41) is 2.51. The van der Waals surface area contributed by atoms with E-state index in [2.05, 4.69) is 10.0 Å². The van der Waals surface area contributed by atoms with Crippen molar-refractivity contribution in [3.05, 3.63) is 53.6 Å². The molecular weight excluding hydrogens is 440 g/mol. The molecule has 0 atom stereocenters. The van der Waals surface area contributed by atoms with Crippen molar-refractivity contribution in [3.8, 4) is 0 Å². The number of benzene rings is 2. The maximum atomic E-state index is 12.7. The van der Waals surface area contributed by atoms with Gasteiger partial charge in [0.1, 0.15) is 0 Å². The highest BCUT2D eigenvalue weighted by Crippen LogP contribution is 2.27. The number of urea groups is 1. The standard InChI is InChI=1S/C18H19F2N3O5S2/c1-29(25,26)22-16-7-2-4-12-11-23(9-8-15(12)16)18(24)21-13-5-3-6-14(10-13)30(27,28)17(19)20/h2-7,10,17,22H,8-9,11H2,1H3,(H,21,24). The lowest BCUT2D eigenvalue weighted by Gasteiger charge is -2.30. The number of anilines is 2. The largest absolute Gasteiger partial charge is 0.341 e. The smallest absolute Gasteiger partial charge is 0.320 e. The summed E-state index contributed by atoms with van der Waals surface area (Å²) in [4.78, 5) is 13.5. The monoisotopic (exact) mass is 459 g/mol. The van der Waals surface area contributed by atoms with Crippen LogP contribution in [0.15, 0.2) is 47.4 Å². The van der Waals surface area contributed by atoms with Crippen molar-refractivity contribution in [2.75, 3.05) is 22.8 Å². The van der Waals surface area contributed by atoms with E-state index in [1.54, 1.807) is 18.2 Å². The number of sulfone groups is 1. The first-order valence-corrected chi connectivity index (χ1v) is 12.2. The molecule has 1 aliphatic rings. The Hall–Kier alpha value is -2.73. The number of hydrogen-bond acceptors (Lipinski definition) is 5.